The summed E-state index contributed by atoms with van der Waals surface area (Å²) >= 11 is 0. The minimum absolute atomic E-state index is 0.0904. The van der Waals surface area contributed by atoms with Gasteiger partial charge in [0, 0.05) is 5.69 Å². The van der Waals surface area contributed by atoms with E-state index >= 15 is 0 Å². The molecule has 2 N–H and O–H groups in total. The number of nitrogens with one attached hydrogen (secondary N) is 1. The summed E-state index contributed by atoms with van der Waals surface area (Å²) in [6.07, 6.45) is 1.27. The molecule has 0 spiro atoms. The van der Waals surface area contributed by atoms with Crippen LogP contribution in [-0.2, 0) is 9.53 Å². The lowest BCUT2D eigenvalue weighted by Crippen LogP contribution is -2.13. The van der Waals surface area contributed by atoms with Gasteiger partial charge in [0.1, 0.15) is 23.0 Å². The maximum Gasteiger partial charge on any atom is 0.339 e. The van der Waals surface area contributed by atoms with Crippen LogP contribution in [0.3, 0.4) is 0 Å². The number of carboxylic acid groups (broad SMARTS) is 1. The first-order valence-electron chi connectivity index (χ1n) is 7.92. The molecule has 0 aliphatic heterocycles. The molecule has 0 atom stereocenters. The van der Waals surface area contributed by atoms with Crippen molar-refractivity contribution in [1.29, 1.82) is 5.26 Å². The van der Waals surface area contributed by atoms with Crippen LogP contribution in [0, 0.1) is 11.3 Å². The lowest BCUT2D eigenvalue weighted by Gasteiger charge is -2.07. The van der Waals surface area contributed by atoms with E-state index in [1.807, 2.05) is 0 Å². The minimum Gasteiger partial charge on any atom is -0.496 e. The number of carboxylic acids is 1. The summed E-state index contributed by atoms with van der Waals surface area (Å²) < 4.78 is 9.57. The average molecular weight is 380 g/mol. The lowest BCUT2D eigenvalue weighted by atomic mass is 10.1. The number of hydrogen-bond donors (Lipinski definition) is 2. The number of nitriles is 1. The van der Waals surface area contributed by atoms with Gasteiger partial charge in [0.25, 0.3) is 5.91 Å². The fraction of sp³-hybridized carbons (Fsp3) is 0.100. The fourth-order valence-electron chi connectivity index (χ4n) is 2.30. The highest BCUT2D eigenvalue weighted by Crippen LogP contribution is 2.21. The Kier molecular flexibility index (Phi) is 6.49. The summed E-state index contributed by atoms with van der Waals surface area (Å²) in [5.74, 6) is -2.22. The largest absolute Gasteiger partial charge is 0.496 e. The summed E-state index contributed by atoms with van der Waals surface area (Å²) in [7, 11) is 2.61. The van der Waals surface area contributed by atoms with Crippen molar-refractivity contribution in [1.82, 2.24) is 0 Å². The first kappa shape index (κ1) is 20.2. The summed E-state index contributed by atoms with van der Waals surface area (Å²) in [4.78, 5) is 35.0. The first-order valence-corrected chi connectivity index (χ1v) is 7.92. The third-order valence-electron chi connectivity index (χ3n) is 3.69. The number of carbonyl (C=O) groups excluding carboxylic acids is 2. The number of amides is 1. The Morgan fingerprint density at radius 3 is 2.32 bits per heavy atom. The second kappa shape index (κ2) is 9.00. The summed E-state index contributed by atoms with van der Waals surface area (Å²) in [5, 5.41) is 21.0. The van der Waals surface area contributed by atoms with Crippen molar-refractivity contribution in [3.8, 4) is 11.8 Å². The van der Waals surface area contributed by atoms with Crippen LogP contribution in [0.25, 0.3) is 6.08 Å². The molecule has 0 unspecified atom stereocenters. The molecule has 8 nitrogen and oxygen atoms in total. The van der Waals surface area contributed by atoms with Crippen LogP contribution in [0.5, 0.6) is 5.75 Å². The van der Waals surface area contributed by atoms with Gasteiger partial charge in [0.15, 0.2) is 0 Å². The Hall–Kier alpha value is -4.12. The molecular formula is C20H16N2O6. The fourth-order valence-corrected chi connectivity index (χ4v) is 2.30. The average Bonchev–Trinajstić information content (AvgIpc) is 2.71. The standard InChI is InChI=1S/C20H16N2O6/c1-27-17-8-3-12(10-16(17)19(24)25)9-14(11-21)18(23)22-15-6-4-13(5-7-15)20(26)28-2/h3-10H,1-2H3,(H,22,23)(H,24,25)/b14-9-. The molecule has 8 heteroatoms. The zero-order chi connectivity index (χ0) is 20.7. The van der Waals surface area contributed by atoms with E-state index in [1.165, 1.54) is 62.8 Å². The molecule has 0 fully saturated rings. The van der Waals surface area contributed by atoms with Crippen molar-refractivity contribution in [2.45, 2.75) is 0 Å². The van der Waals surface area contributed by atoms with Gasteiger partial charge >= 0.3 is 11.9 Å². The third-order valence-corrected chi connectivity index (χ3v) is 3.69. The lowest BCUT2D eigenvalue weighted by molar-refractivity contribution is -0.112. The van der Waals surface area contributed by atoms with E-state index in [1.54, 1.807) is 6.07 Å². The number of esters is 1. The van der Waals surface area contributed by atoms with Crippen molar-refractivity contribution >= 4 is 29.6 Å². The van der Waals surface area contributed by atoms with E-state index in [0.29, 0.717) is 16.8 Å². The Bertz CT molecular complexity index is 987. The molecule has 0 bridgehead atoms. The van der Waals surface area contributed by atoms with Crippen LogP contribution in [0.1, 0.15) is 26.3 Å². The van der Waals surface area contributed by atoms with Gasteiger partial charge in [-0.2, -0.15) is 5.26 Å². The van der Waals surface area contributed by atoms with Gasteiger partial charge in [-0.1, -0.05) is 6.07 Å². The van der Waals surface area contributed by atoms with Crippen LogP contribution < -0.4 is 10.1 Å². The molecular weight excluding hydrogens is 364 g/mol. The number of carbonyl (C=O) groups is 3. The molecule has 0 aliphatic rings. The van der Waals surface area contributed by atoms with Gasteiger partial charge < -0.3 is 19.9 Å². The number of ether oxygens (including phenoxy) is 2. The minimum atomic E-state index is -1.19. The van der Waals surface area contributed by atoms with Crippen molar-refractivity contribution in [2.24, 2.45) is 0 Å². The maximum absolute atomic E-state index is 12.3. The number of anilines is 1. The third kappa shape index (κ3) is 4.74. The topological polar surface area (TPSA) is 126 Å². The Balaban J connectivity index is 2.24. The quantitative estimate of drug-likeness (QED) is 0.448. The summed E-state index contributed by atoms with van der Waals surface area (Å²) in [5.41, 5.74) is 0.729. The van der Waals surface area contributed by atoms with Gasteiger partial charge in [0.05, 0.1) is 19.8 Å². The Labute approximate surface area is 160 Å². The molecule has 0 heterocycles. The zero-order valence-corrected chi connectivity index (χ0v) is 15.1. The number of benzene rings is 2. The van der Waals surface area contributed by atoms with E-state index in [2.05, 4.69) is 10.1 Å². The van der Waals surface area contributed by atoms with Gasteiger partial charge in [-0.15, -0.1) is 0 Å². The van der Waals surface area contributed by atoms with Crippen LogP contribution in [0.2, 0.25) is 0 Å². The van der Waals surface area contributed by atoms with Gasteiger partial charge in [-0.05, 0) is 48.0 Å². The summed E-state index contributed by atoms with van der Waals surface area (Å²) in [6, 6.07) is 12.0. The zero-order valence-electron chi connectivity index (χ0n) is 15.1. The molecule has 2 aromatic rings. The smallest absolute Gasteiger partial charge is 0.339 e. The van der Waals surface area contributed by atoms with E-state index in [4.69, 9.17) is 4.74 Å². The molecule has 28 heavy (non-hydrogen) atoms. The number of methoxy groups -OCH3 is 2. The van der Waals surface area contributed by atoms with Crippen LogP contribution in [0.15, 0.2) is 48.0 Å². The van der Waals surface area contributed by atoms with Crippen LogP contribution >= 0.6 is 0 Å². The van der Waals surface area contributed by atoms with E-state index < -0.39 is 17.8 Å². The predicted molar refractivity (Wildman–Crippen MR) is 100.0 cm³/mol. The normalized spacial score (nSPS) is 10.5. The highest BCUT2D eigenvalue weighted by atomic mass is 16.5. The number of rotatable bonds is 6. The van der Waals surface area contributed by atoms with Crippen molar-refractivity contribution < 1.29 is 29.0 Å². The predicted octanol–water partition coefficient (Wildman–Crippen LogP) is 2.73. The van der Waals surface area contributed by atoms with Gasteiger partial charge in [-0.3, -0.25) is 4.79 Å². The molecule has 142 valence electrons. The highest BCUT2D eigenvalue weighted by Gasteiger charge is 2.14. The molecule has 0 saturated carbocycles. The van der Waals surface area contributed by atoms with Crippen LogP contribution in [0.4, 0.5) is 5.69 Å². The molecule has 2 aromatic carbocycles. The van der Waals surface area contributed by atoms with Gasteiger partial charge in [0.2, 0.25) is 0 Å². The maximum atomic E-state index is 12.3. The van der Waals surface area contributed by atoms with Crippen molar-refractivity contribution in [2.75, 3.05) is 19.5 Å². The Morgan fingerprint density at radius 1 is 1.11 bits per heavy atom. The first-order chi connectivity index (χ1) is 13.4. The van der Waals surface area contributed by atoms with Crippen LogP contribution in [-0.4, -0.2) is 37.2 Å². The SMILES string of the molecule is COC(=O)c1ccc(NC(=O)/C(C#N)=C\c2ccc(OC)c(C(=O)O)c2)cc1. The number of hydrogen-bond acceptors (Lipinski definition) is 6. The second-order valence-electron chi connectivity index (χ2n) is 5.46. The number of aromatic carboxylic acids is 1. The van der Waals surface area contributed by atoms with Crippen molar-refractivity contribution in [3.05, 3.63) is 64.7 Å². The highest BCUT2D eigenvalue weighted by molar-refractivity contribution is 6.10. The van der Waals surface area contributed by atoms with E-state index in [-0.39, 0.29) is 16.9 Å². The molecule has 1 amide bonds. The molecule has 2 rings (SSSR count). The van der Waals surface area contributed by atoms with Gasteiger partial charge in [-0.25, -0.2) is 9.59 Å². The Morgan fingerprint density at radius 2 is 1.79 bits per heavy atom. The van der Waals surface area contributed by atoms with Crippen molar-refractivity contribution in [3.63, 3.8) is 0 Å². The second-order valence-corrected chi connectivity index (χ2v) is 5.46. The monoisotopic (exact) mass is 380 g/mol. The molecule has 0 saturated heterocycles. The molecule has 0 radical (unpaired) electrons. The molecule has 0 aromatic heterocycles. The molecule has 0 aliphatic carbocycles. The summed E-state index contributed by atoms with van der Waals surface area (Å²) in [6.45, 7) is 0. The van der Waals surface area contributed by atoms with E-state index in [9.17, 15) is 24.8 Å². The number of nitrogens with zero attached hydrogens (tertiary/aromatic N) is 1. The van der Waals surface area contributed by atoms with E-state index in [0.717, 1.165) is 0 Å².